The molecule has 1 aromatic carbocycles. The van der Waals surface area contributed by atoms with Crippen molar-refractivity contribution in [3.05, 3.63) is 47.2 Å². The summed E-state index contributed by atoms with van der Waals surface area (Å²) in [7, 11) is 0. The molecule has 0 aliphatic carbocycles. The predicted molar refractivity (Wildman–Crippen MR) is 113 cm³/mol. The van der Waals surface area contributed by atoms with E-state index in [0.29, 0.717) is 5.69 Å². The molecule has 0 radical (unpaired) electrons. The second-order valence-corrected chi connectivity index (χ2v) is 7.18. The number of pyridine rings is 1. The number of fused-ring (bicyclic) bond motifs is 1. The molecule has 3 rings (SSSR count). The minimum atomic E-state index is -5.05. The average Bonchev–Trinajstić information content (AvgIpc) is 2.77. The van der Waals surface area contributed by atoms with Gasteiger partial charge in [0.15, 0.2) is 0 Å². The molecule has 0 spiro atoms. The standard InChI is InChI=1S/C23H19F3N4O4/c1-3-32-21-20-16(7-9-29-21)30-13(2)18(22(31)33-10-4-8-27)19(20)15-6-5-14(12-28)11-17(15)34-23(24,25)26/h5-7,9,11,18-19H,3-4,10H2,1-2H3. The number of carbonyl (C=O) groups is 1. The highest BCUT2D eigenvalue weighted by atomic mass is 19.4. The van der Waals surface area contributed by atoms with Gasteiger partial charge in [0.1, 0.15) is 18.3 Å². The number of nitriles is 2. The van der Waals surface area contributed by atoms with Crippen molar-refractivity contribution in [2.75, 3.05) is 13.2 Å². The quantitative estimate of drug-likeness (QED) is 0.428. The molecule has 0 fully saturated rings. The number of nitrogens with zero attached hydrogens (tertiary/aromatic N) is 4. The fourth-order valence-corrected chi connectivity index (χ4v) is 3.76. The third-order valence-electron chi connectivity index (χ3n) is 5.02. The van der Waals surface area contributed by atoms with Crippen LogP contribution in [-0.4, -0.2) is 36.2 Å². The van der Waals surface area contributed by atoms with Crippen LogP contribution in [0, 0.1) is 28.6 Å². The summed E-state index contributed by atoms with van der Waals surface area (Å²) in [5.41, 5.74) is 0.852. The van der Waals surface area contributed by atoms with Gasteiger partial charge in [-0.1, -0.05) is 6.07 Å². The monoisotopic (exact) mass is 472 g/mol. The number of aromatic nitrogens is 1. The van der Waals surface area contributed by atoms with Gasteiger partial charge in [-0.15, -0.1) is 13.2 Å². The second-order valence-electron chi connectivity index (χ2n) is 7.18. The number of halogens is 3. The fraction of sp³-hybridized carbons (Fsp3) is 0.348. The molecule has 1 aromatic heterocycles. The summed E-state index contributed by atoms with van der Waals surface area (Å²) in [5.74, 6) is -3.56. The Hall–Kier alpha value is -4.12. The number of hydrogen-bond donors (Lipinski definition) is 0. The number of aliphatic imine (C=N–C) groups is 1. The topological polar surface area (TPSA) is 118 Å². The van der Waals surface area contributed by atoms with E-state index in [4.69, 9.17) is 14.7 Å². The maximum atomic E-state index is 13.3. The van der Waals surface area contributed by atoms with Crippen molar-refractivity contribution in [2.24, 2.45) is 10.9 Å². The molecule has 11 heteroatoms. The zero-order valence-electron chi connectivity index (χ0n) is 18.2. The van der Waals surface area contributed by atoms with Crippen molar-refractivity contribution in [1.29, 1.82) is 10.5 Å². The molecule has 2 atom stereocenters. The molecule has 1 aliphatic rings. The number of benzene rings is 1. The van der Waals surface area contributed by atoms with Crippen LogP contribution in [0.5, 0.6) is 11.6 Å². The van der Waals surface area contributed by atoms with E-state index in [-0.39, 0.29) is 47.9 Å². The van der Waals surface area contributed by atoms with Crippen LogP contribution in [0.15, 0.2) is 35.5 Å². The molecular weight excluding hydrogens is 453 g/mol. The zero-order valence-corrected chi connectivity index (χ0v) is 18.2. The van der Waals surface area contributed by atoms with E-state index in [1.807, 2.05) is 6.07 Å². The Morgan fingerprint density at radius 2 is 2.00 bits per heavy atom. The number of ether oxygens (including phenoxy) is 3. The Labute approximate surface area is 193 Å². The molecule has 2 aromatic rings. The van der Waals surface area contributed by atoms with Crippen molar-refractivity contribution < 1.29 is 32.2 Å². The number of esters is 1. The summed E-state index contributed by atoms with van der Waals surface area (Å²) < 4.78 is 54.9. The first-order valence-corrected chi connectivity index (χ1v) is 10.2. The van der Waals surface area contributed by atoms with Gasteiger partial charge in [0.25, 0.3) is 0 Å². The van der Waals surface area contributed by atoms with Gasteiger partial charge in [0, 0.05) is 29.0 Å². The largest absolute Gasteiger partial charge is 0.573 e. The molecule has 34 heavy (non-hydrogen) atoms. The molecule has 0 saturated heterocycles. The van der Waals surface area contributed by atoms with Crippen LogP contribution in [0.4, 0.5) is 18.9 Å². The maximum absolute atomic E-state index is 13.3. The van der Waals surface area contributed by atoms with Crippen LogP contribution in [0.3, 0.4) is 0 Å². The van der Waals surface area contributed by atoms with Crippen LogP contribution in [0.1, 0.15) is 42.9 Å². The summed E-state index contributed by atoms with van der Waals surface area (Å²) >= 11 is 0. The van der Waals surface area contributed by atoms with Crippen molar-refractivity contribution in [1.82, 2.24) is 4.98 Å². The molecule has 0 N–H and O–H groups in total. The van der Waals surface area contributed by atoms with Crippen LogP contribution in [0.25, 0.3) is 0 Å². The van der Waals surface area contributed by atoms with E-state index >= 15 is 0 Å². The molecule has 0 saturated carbocycles. The van der Waals surface area contributed by atoms with Crippen molar-refractivity contribution in [3.8, 4) is 23.8 Å². The Kier molecular flexibility index (Phi) is 7.37. The Morgan fingerprint density at radius 1 is 1.24 bits per heavy atom. The lowest BCUT2D eigenvalue weighted by Crippen LogP contribution is -2.34. The van der Waals surface area contributed by atoms with Crippen molar-refractivity contribution >= 4 is 17.4 Å². The summed E-state index contributed by atoms with van der Waals surface area (Å²) in [6.07, 6.45) is -3.67. The average molecular weight is 472 g/mol. The van der Waals surface area contributed by atoms with Crippen LogP contribution in [0.2, 0.25) is 0 Å². The predicted octanol–water partition coefficient (Wildman–Crippen LogP) is 4.56. The lowest BCUT2D eigenvalue weighted by Gasteiger charge is -2.32. The van der Waals surface area contributed by atoms with Gasteiger partial charge in [-0.3, -0.25) is 9.79 Å². The Balaban J connectivity index is 2.26. The highest BCUT2D eigenvalue weighted by Crippen LogP contribution is 2.49. The van der Waals surface area contributed by atoms with E-state index in [2.05, 4.69) is 14.7 Å². The number of carbonyl (C=O) groups excluding carboxylic acids is 1. The first kappa shape index (κ1) is 24.5. The molecule has 1 aliphatic heterocycles. The highest BCUT2D eigenvalue weighted by Gasteiger charge is 2.43. The third-order valence-corrected chi connectivity index (χ3v) is 5.02. The van der Waals surface area contributed by atoms with Crippen molar-refractivity contribution in [2.45, 2.75) is 32.5 Å². The molecule has 2 heterocycles. The molecule has 0 bridgehead atoms. The SMILES string of the molecule is CCOc1nccc2c1C(c1ccc(C#N)cc1OC(F)(F)F)C(C(=O)OCCC#N)C(C)=N2. The van der Waals surface area contributed by atoms with Crippen LogP contribution < -0.4 is 9.47 Å². The summed E-state index contributed by atoms with van der Waals surface area (Å²) in [6, 6.07) is 8.77. The van der Waals surface area contributed by atoms with Crippen LogP contribution in [-0.2, 0) is 9.53 Å². The first-order chi connectivity index (χ1) is 16.2. The molecular formula is C23H19F3N4O4. The van der Waals surface area contributed by atoms with E-state index in [1.54, 1.807) is 26.0 Å². The van der Waals surface area contributed by atoms with Gasteiger partial charge >= 0.3 is 12.3 Å². The van der Waals surface area contributed by atoms with Gasteiger partial charge in [0.05, 0.1) is 36.4 Å². The molecule has 176 valence electrons. The number of rotatable bonds is 7. The lowest BCUT2D eigenvalue weighted by molar-refractivity contribution is -0.274. The number of hydrogen-bond acceptors (Lipinski definition) is 8. The Morgan fingerprint density at radius 3 is 2.65 bits per heavy atom. The van der Waals surface area contributed by atoms with E-state index in [9.17, 15) is 23.2 Å². The summed E-state index contributed by atoms with van der Waals surface area (Å²) in [4.78, 5) is 21.7. The van der Waals surface area contributed by atoms with Gasteiger partial charge in [-0.2, -0.15) is 10.5 Å². The van der Waals surface area contributed by atoms with E-state index in [0.717, 1.165) is 6.07 Å². The first-order valence-electron chi connectivity index (χ1n) is 10.2. The minimum absolute atomic E-state index is 0.0250. The molecule has 0 amide bonds. The minimum Gasteiger partial charge on any atom is -0.478 e. The molecule has 8 nitrogen and oxygen atoms in total. The normalized spacial score (nSPS) is 17.0. The van der Waals surface area contributed by atoms with Gasteiger partial charge in [-0.05, 0) is 32.0 Å². The van der Waals surface area contributed by atoms with E-state index in [1.165, 1.54) is 18.3 Å². The molecule has 2 unspecified atom stereocenters. The summed E-state index contributed by atoms with van der Waals surface area (Å²) in [5, 5.41) is 18.0. The summed E-state index contributed by atoms with van der Waals surface area (Å²) in [6.45, 7) is 3.28. The highest BCUT2D eigenvalue weighted by molar-refractivity contribution is 6.05. The third kappa shape index (κ3) is 5.26. The lowest BCUT2D eigenvalue weighted by atomic mass is 9.75. The maximum Gasteiger partial charge on any atom is 0.573 e. The van der Waals surface area contributed by atoms with Gasteiger partial charge < -0.3 is 14.2 Å². The smallest absolute Gasteiger partial charge is 0.478 e. The fourth-order valence-electron chi connectivity index (χ4n) is 3.76. The van der Waals surface area contributed by atoms with Gasteiger partial charge in [0.2, 0.25) is 5.88 Å². The van der Waals surface area contributed by atoms with Crippen LogP contribution >= 0.6 is 0 Å². The second kappa shape index (κ2) is 10.2. The number of alkyl halides is 3. The Bertz CT molecular complexity index is 1200. The van der Waals surface area contributed by atoms with Gasteiger partial charge in [-0.25, -0.2) is 4.98 Å². The van der Waals surface area contributed by atoms with E-state index < -0.39 is 29.9 Å². The van der Waals surface area contributed by atoms with Crippen molar-refractivity contribution in [3.63, 3.8) is 0 Å². The zero-order chi connectivity index (χ0) is 24.9.